The molecule has 0 unspecified atom stereocenters. The van der Waals surface area contributed by atoms with Crippen LogP contribution in [0.1, 0.15) is 22.3 Å². The molecule has 2 aromatic carbocycles. The largest absolute Gasteiger partial charge is 0.416 e. The third kappa shape index (κ3) is 3.97. The number of carbonyl (C=O) groups excluding carboxylic acids is 2. The first kappa shape index (κ1) is 20.2. The Morgan fingerprint density at radius 3 is 2.46 bits per heavy atom. The van der Waals surface area contributed by atoms with E-state index >= 15 is 0 Å². The van der Waals surface area contributed by atoms with Crippen LogP contribution in [0.2, 0.25) is 5.02 Å². The number of halogens is 4. The number of benzene rings is 2. The Bertz CT molecular complexity index is 1070. The highest BCUT2D eigenvalue weighted by Crippen LogP contribution is 2.32. The minimum atomic E-state index is -4.58. The zero-order valence-corrected chi connectivity index (χ0v) is 15.5. The molecule has 1 saturated heterocycles. The summed E-state index contributed by atoms with van der Waals surface area (Å²) in [6.45, 7) is 0. The zero-order valence-electron chi connectivity index (χ0n) is 14.0. The van der Waals surface area contributed by atoms with E-state index in [0.29, 0.717) is 4.31 Å². The van der Waals surface area contributed by atoms with E-state index in [1.807, 2.05) is 0 Å². The van der Waals surface area contributed by atoms with Gasteiger partial charge in [-0.05, 0) is 36.4 Å². The predicted molar refractivity (Wildman–Crippen MR) is 96.7 cm³/mol. The number of sulfonamides is 1. The van der Waals surface area contributed by atoms with E-state index in [4.69, 9.17) is 11.6 Å². The first-order valence-corrected chi connectivity index (χ1v) is 9.82. The fraction of sp³-hybridized carbons (Fsp3) is 0.176. The third-order valence-corrected chi connectivity index (χ3v) is 5.98. The van der Waals surface area contributed by atoms with Gasteiger partial charge in [-0.3, -0.25) is 9.59 Å². The third-order valence-electron chi connectivity index (χ3n) is 3.96. The van der Waals surface area contributed by atoms with Crippen LogP contribution in [0.25, 0.3) is 0 Å². The summed E-state index contributed by atoms with van der Waals surface area (Å²) in [6.07, 6.45) is -4.76. The quantitative estimate of drug-likeness (QED) is 0.802. The van der Waals surface area contributed by atoms with Crippen LogP contribution in [-0.4, -0.2) is 26.0 Å². The van der Waals surface area contributed by atoms with Crippen LogP contribution in [0.15, 0.2) is 42.5 Å². The molecule has 28 heavy (non-hydrogen) atoms. The SMILES string of the molecule is O=C(Nc1cccc(C(F)(F)F)c1)c1cc(N2C(=O)CCS2(=O)=O)ccc1Cl. The summed E-state index contributed by atoms with van der Waals surface area (Å²) in [5.41, 5.74) is -1.32. The molecule has 0 saturated carbocycles. The Kier molecular flexibility index (Phi) is 5.11. The van der Waals surface area contributed by atoms with Gasteiger partial charge in [-0.1, -0.05) is 17.7 Å². The number of hydrogen-bond donors (Lipinski definition) is 1. The maximum Gasteiger partial charge on any atom is 0.416 e. The molecule has 0 bridgehead atoms. The van der Waals surface area contributed by atoms with E-state index in [0.717, 1.165) is 24.3 Å². The first-order chi connectivity index (χ1) is 13.0. The van der Waals surface area contributed by atoms with Crippen molar-refractivity contribution in [2.24, 2.45) is 0 Å². The van der Waals surface area contributed by atoms with Crippen LogP contribution < -0.4 is 9.62 Å². The standard InChI is InChI=1S/C17H12ClF3N2O4S/c18-14-5-4-12(23-15(24)6-7-28(23,26)27)9-13(14)16(25)22-11-3-1-2-10(8-11)17(19,20)21/h1-5,8-9H,6-7H2,(H,22,25). The average Bonchev–Trinajstić information content (AvgIpc) is 2.88. The number of nitrogens with one attached hydrogen (secondary N) is 1. The van der Waals surface area contributed by atoms with E-state index in [-0.39, 0.29) is 34.1 Å². The molecular formula is C17H12ClF3N2O4S. The molecule has 0 radical (unpaired) electrons. The molecule has 6 nitrogen and oxygen atoms in total. The fourth-order valence-electron chi connectivity index (χ4n) is 2.65. The maximum absolute atomic E-state index is 12.8. The van der Waals surface area contributed by atoms with Crippen LogP contribution in [0.4, 0.5) is 24.5 Å². The molecule has 2 amide bonds. The highest BCUT2D eigenvalue weighted by Gasteiger charge is 2.36. The van der Waals surface area contributed by atoms with Crippen molar-refractivity contribution in [2.75, 3.05) is 15.4 Å². The van der Waals surface area contributed by atoms with Gasteiger partial charge in [-0.15, -0.1) is 0 Å². The highest BCUT2D eigenvalue weighted by molar-refractivity contribution is 7.94. The highest BCUT2D eigenvalue weighted by atomic mass is 35.5. The van der Waals surface area contributed by atoms with Crippen LogP contribution in [0, 0.1) is 0 Å². The lowest BCUT2D eigenvalue weighted by Gasteiger charge is -2.16. The number of carbonyl (C=O) groups is 2. The maximum atomic E-state index is 12.8. The second kappa shape index (κ2) is 7.10. The van der Waals surface area contributed by atoms with E-state index in [9.17, 15) is 31.2 Å². The van der Waals surface area contributed by atoms with E-state index in [2.05, 4.69) is 5.32 Å². The number of amides is 2. The van der Waals surface area contributed by atoms with Crippen LogP contribution in [-0.2, 0) is 21.0 Å². The topological polar surface area (TPSA) is 83.6 Å². The second-order valence-corrected chi connectivity index (χ2v) is 8.27. The van der Waals surface area contributed by atoms with E-state index in [1.54, 1.807) is 0 Å². The summed E-state index contributed by atoms with van der Waals surface area (Å²) in [5, 5.41) is 2.23. The minimum Gasteiger partial charge on any atom is -0.322 e. The molecule has 1 aliphatic rings. The molecule has 11 heteroatoms. The Balaban J connectivity index is 1.92. The molecular weight excluding hydrogens is 421 g/mol. The Morgan fingerprint density at radius 1 is 1.14 bits per heavy atom. The molecule has 148 valence electrons. The van der Waals surface area contributed by atoms with Gasteiger partial charge in [0, 0.05) is 12.1 Å². The van der Waals surface area contributed by atoms with Gasteiger partial charge in [-0.2, -0.15) is 13.2 Å². The Hall–Kier alpha value is -2.59. The first-order valence-electron chi connectivity index (χ1n) is 7.83. The van der Waals surface area contributed by atoms with Gasteiger partial charge < -0.3 is 5.32 Å². The minimum absolute atomic E-state index is 0.0581. The van der Waals surface area contributed by atoms with Crippen molar-refractivity contribution in [3.63, 3.8) is 0 Å². The van der Waals surface area contributed by atoms with Crippen LogP contribution in [0.5, 0.6) is 0 Å². The van der Waals surface area contributed by atoms with Crippen molar-refractivity contribution < 1.29 is 31.2 Å². The smallest absolute Gasteiger partial charge is 0.322 e. The van der Waals surface area contributed by atoms with Crippen molar-refractivity contribution in [1.29, 1.82) is 0 Å². The van der Waals surface area contributed by atoms with E-state index in [1.165, 1.54) is 18.2 Å². The van der Waals surface area contributed by atoms with Crippen molar-refractivity contribution in [3.05, 3.63) is 58.6 Å². The number of nitrogens with zero attached hydrogens (tertiary/aromatic N) is 1. The van der Waals surface area contributed by atoms with Crippen LogP contribution >= 0.6 is 11.6 Å². The normalized spacial score (nSPS) is 16.3. The number of alkyl halides is 3. The van der Waals surface area contributed by atoms with Crippen molar-refractivity contribution in [2.45, 2.75) is 12.6 Å². The van der Waals surface area contributed by atoms with Crippen LogP contribution in [0.3, 0.4) is 0 Å². The molecule has 0 aliphatic carbocycles. The van der Waals surface area contributed by atoms with Gasteiger partial charge in [0.15, 0.2) is 0 Å². The zero-order chi connectivity index (χ0) is 20.7. The Labute approximate surface area is 163 Å². The molecule has 1 aliphatic heterocycles. The van der Waals surface area contributed by atoms with Crippen molar-refractivity contribution >= 4 is 44.8 Å². The molecule has 1 N–H and O–H groups in total. The van der Waals surface area contributed by atoms with Gasteiger partial charge in [0.25, 0.3) is 5.91 Å². The lowest BCUT2D eigenvalue weighted by atomic mass is 10.1. The van der Waals surface area contributed by atoms with Gasteiger partial charge in [0.2, 0.25) is 15.9 Å². The summed E-state index contributed by atoms with van der Waals surface area (Å²) in [4.78, 5) is 24.4. The fourth-order valence-corrected chi connectivity index (χ4v) is 4.31. The second-order valence-electron chi connectivity index (χ2n) is 5.92. The predicted octanol–water partition coefficient (Wildman–Crippen LogP) is 3.68. The molecule has 2 aromatic rings. The van der Waals surface area contributed by atoms with Gasteiger partial charge in [0.1, 0.15) is 0 Å². The summed E-state index contributed by atoms with van der Waals surface area (Å²) >= 11 is 5.98. The Morgan fingerprint density at radius 2 is 1.86 bits per heavy atom. The molecule has 0 spiro atoms. The van der Waals surface area contributed by atoms with Gasteiger partial charge in [-0.25, -0.2) is 12.7 Å². The van der Waals surface area contributed by atoms with Gasteiger partial charge >= 0.3 is 6.18 Å². The summed E-state index contributed by atoms with van der Waals surface area (Å²) in [6, 6.07) is 7.61. The molecule has 3 rings (SSSR count). The molecule has 1 fully saturated rings. The lowest BCUT2D eigenvalue weighted by molar-refractivity contribution is -0.137. The molecule has 0 aromatic heterocycles. The summed E-state index contributed by atoms with van der Waals surface area (Å²) < 4.78 is 63.0. The summed E-state index contributed by atoms with van der Waals surface area (Å²) in [5.74, 6) is -1.85. The molecule has 1 heterocycles. The lowest BCUT2D eigenvalue weighted by Crippen LogP contribution is -2.29. The van der Waals surface area contributed by atoms with Crippen molar-refractivity contribution in [1.82, 2.24) is 0 Å². The molecule has 0 atom stereocenters. The van der Waals surface area contributed by atoms with Gasteiger partial charge in [0.05, 0.1) is 27.6 Å². The number of hydrogen-bond acceptors (Lipinski definition) is 4. The van der Waals surface area contributed by atoms with E-state index < -0.39 is 33.6 Å². The summed E-state index contributed by atoms with van der Waals surface area (Å²) in [7, 11) is -3.84. The monoisotopic (exact) mass is 432 g/mol. The average molecular weight is 433 g/mol. The number of rotatable bonds is 3. The van der Waals surface area contributed by atoms with Crippen molar-refractivity contribution in [3.8, 4) is 0 Å². The number of anilines is 2.